The normalized spacial score (nSPS) is 13.9. The lowest BCUT2D eigenvalue weighted by atomic mass is 10.1. The Kier molecular flexibility index (Phi) is 8.36. The predicted molar refractivity (Wildman–Crippen MR) is 122 cm³/mol. The third-order valence-electron chi connectivity index (χ3n) is 5.03. The summed E-state index contributed by atoms with van der Waals surface area (Å²) < 4.78 is 31.7. The van der Waals surface area contributed by atoms with Crippen molar-refractivity contribution in [1.29, 1.82) is 0 Å². The zero-order chi connectivity index (χ0) is 25.4. The molecule has 1 amide bonds. The molecule has 3 heterocycles. The molecular weight excluding hydrogens is 467 g/mol. The van der Waals surface area contributed by atoms with Gasteiger partial charge in [-0.1, -0.05) is 12.1 Å². The topological polar surface area (TPSA) is 136 Å². The lowest BCUT2D eigenvalue weighted by Crippen LogP contribution is -2.29. The quantitative estimate of drug-likeness (QED) is 0.438. The molecule has 10 nitrogen and oxygen atoms in total. The molecule has 1 aromatic carbocycles. The SMILES string of the molecule is Cc1ccc(-c2ncc[nH]2)cc1NC(=O)c1cnc(N2CCCNCC2)cn1.O=C(O)C(F)(F)F. The maximum Gasteiger partial charge on any atom is 0.490 e. The standard InChI is InChI=1S/C20H23N7O.C2HF3O2/c1-14-3-4-15(19-22-6-7-23-19)11-16(14)26-20(28)17-12-25-18(13-24-17)27-9-2-5-21-8-10-27;3-2(4,5)1(6)7/h3-4,6-7,11-13,21H,2,5,8-10H2,1H3,(H,22,23)(H,26,28);(H,6,7). The minimum atomic E-state index is -5.08. The number of aryl methyl sites for hydroxylation is 1. The fourth-order valence-electron chi connectivity index (χ4n) is 3.19. The van der Waals surface area contributed by atoms with Gasteiger partial charge in [-0.25, -0.2) is 19.7 Å². The largest absolute Gasteiger partial charge is 0.490 e. The summed E-state index contributed by atoms with van der Waals surface area (Å²) in [5, 5.41) is 13.4. The molecule has 35 heavy (non-hydrogen) atoms. The molecule has 1 fully saturated rings. The monoisotopic (exact) mass is 491 g/mol. The molecule has 0 bridgehead atoms. The Morgan fingerprint density at radius 2 is 1.89 bits per heavy atom. The fourth-order valence-corrected chi connectivity index (χ4v) is 3.19. The van der Waals surface area contributed by atoms with Crippen LogP contribution in [0.25, 0.3) is 11.4 Å². The minimum absolute atomic E-state index is 0.281. The lowest BCUT2D eigenvalue weighted by Gasteiger charge is -2.20. The van der Waals surface area contributed by atoms with Crippen LogP contribution in [0.4, 0.5) is 24.7 Å². The summed E-state index contributed by atoms with van der Waals surface area (Å²) in [4.78, 5) is 39.8. The molecule has 1 aliphatic rings. The molecule has 0 atom stereocenters. The maximum absolute atomic E-state index is 12.6. The number of amides is 1. The zero-order valence-electron chi connectivity index (χ0n) is 18.8. The second kappa shape index (κ2) is 11.4. The van der Waals surface area contributed by atoms with Crippen LogP contribution >= 0.6 is 0 Å². The van der Waals surface area contributed by atoms with Gasteiger partial charge in [0.25, 0.3) is 5.91 Å². The van der Waals surface area contributed by atoms with E-state index >= 15 is 0 Å². The van der Waals surface area contributed by atoms with Crippen molar-refractivity contribution in [2.45, 2.75) is 19.5 Å². The number of anilines is 2. The summed E-state index contributed by atoms with van der Waals surface area (Å²) >= 11 is 0. The molecule has 0 aliphatic carbocycles. The minimum Gasteiger partial charge on any atom is -0.475 e. The van der Waals surface area contributed by atoms with Gasteiger partial charge in [-0.15, -0.1) is 0 Å². The van der Waals surface area contributed by atoms with Gasteiger partial charge in [-0.3, -0.25) is 4.79 Å². The number of carboxylic acid groups (broad SMARTS) is 1. The summed E-state index contributed by atoms with van der Waals surface area (Å²) in [5.41, 5.74) is 2.88. The molecule has 4 rings (SSSR count). The van der Waals surface area contributed by atoms with Crippen molar-refractivity contribution in [3.05, 3.63) is 54.2 Å². The smallest absolute Gasteiger partial charge is 0.475 e. The van der Waals surface area contributed by atoms with Crippen LogP contribution in [-0.4, -0.2) is 69.3 Å². The number of imidazole rings is 1. The Morgan fingerprint density at radius 1 is 1.11 bits per heavy atom. The van der Waals surface area contributed by atoms with Crippen molar-refractivity contribution >= 4 is 23.4 Å². The first-order chi connectivity index (χ1) is 16.6. The third kappa shape index (κ3) is 7.24. The van der Waals surface area contributed by atoms with Crippen molar-refractivity contribution in [1.82, 2.24) is 25.3 Å². The fraction of sp³-hybridized carbons (Fsp3) is 0.318. The molecule has 1 saturated heterocycles. The average molecular weight is 491 g/mol. The Morgan fingerprint density at radius 3 is 2.51 bits per heavy atom. The Balaban J connectivity index is 0.000000429. The van der Waals surface area contributed by atoms with E-state index in [0.29, 0.717) is 5.69 Å². The molecular formula is C22H24F3N7O3. The molecule has 0 unspecified atom stereocenters. The third-order valence-corrected chi connectivity index (χ3v) is 5.03. The van der Waals surface area contributed by atoms with Crippen LogP contribution in [0.5, 0.6) is 0 Å². The van der Waals surface area contributed by atoms with Crippen molar-refractivity contribution < 1.29 is 27.9 Å². The van der Waals surface area contributed by atoms with Crippen LogP contribution in [0.3, 0.4) is 0 Å². The van der Waals surface area contributed by atoms with E-state index in [2.05, 4.69) is 35.5 Å². The van der Waals surface area contributed by atoms with Gasteiger partial charge < -0.3 is 25.6 Å². The van der Waals surface area contributed by atoms with E-state index in [1.54, 1.807) is 18.6 Å². The van der Waals surface area contributed by atoms with Gasteiger partial charge in [0, 0.05) is 43.3 Å². The van der Waals surface area contributed by atoms with Gasteiger partial charge in [0.05, 0.1) is 12.4 Å². The maximum atomic E-state index is 12.6. The van der Waals surface area contributed by atoms with Gasteiger partial charge in [-0.2, -0.15) is 13.2 Å². The molecule has 4 N–H and O–H groups in total. The number of nitrogens with one attached hydrogen (secondary N) is 3. The average Bonchev–Trinajstić information content (AvgIpc) is 3.23. The van der Waals surface area contributed by atoms with E-state index in [-0.39, 0.29) is 5.91 Å². The van der Waals surface area contributed by atoms with Crippen LogP contribution < -0.4 is 15.5 Å². The number of carbonyl (C=O) groups is 2. The summed E-state index contributed by atoms with van der Waals surface area (Å²) in [7, 11) is 0. The number of alkyl halides is 3. The van der Waals surface area contributed by atoms with E-state index in [4.69, 9.17) is 9.90 Å². The van der Waals surface area contributed by atoms with Crippen molar-refractivity contribution in [2.75, 3.05) is 36.4 Å². The highest BCUT2D eigenvalue weighted by Crippen LogP contribution is 2.23. The Bertz CT molecular complexity index is 1130. The number of aromatic amines is 1. The molecule has 13 heteroatoms. The number of benzene rings is 1. The molecule has 0 spiro atoms. The van der Waals surface area contributed by atoms with Crippen LogP contribution in [-0.2, 0) is 4.79 Å². The lowest BCUT2D eigenvalue weighted by molar-refractivity contribution is -0.192. The molecule has 2 aromatic heterocycles. The van der Waals surface area contributed by atoms with E-state index in [0.717, 1.165) is 61.1 Å². The second-order valence-corrected chi connectivity index (χ2v) is 7.57. The van der Waals surface area contributed by atoms with E-state index in [1.165, 1.54) is 6.20 Å². The van der Waals surface area contributed by atoms with Gasteiger partial charge >= 0.3 is 12.1 Å². The number of rotatable bonds is 4. The van der Waals surface area contributed by atoms with Crippen molar-refractivity contribution in [3.63, 3.8) is 0 Å². The van der Waals surface area contributed by atoms with Crippen LogP contribution in [0, 0.1) is 6.92 Å². The molecule has 186 valence electrons. The first-order valence-corrected chi connectivity index (χ1v) is 10.6. The number of halogens is 3. The Hall–Kier alpha value is -4.00. The zero-order valence-corrected chi connectivity index (χ0v) is 18.8. The van der Waals surface area contributed by atoms with Gasteiger partial charge in [0.15, 0.2) is 0 Å². The Labute approximate surface area is 198 Å². The molecule has 0 radical (unpaired) electrons. The van der Waals surface area contributed by atoms with Crippen LogP contribution in [0.2, 0.25) is 0 Å². The predicted octanol–water partition coefficient (Wildman–Crippen LogP) is 2.86. The molecule has 0 saturated carbocycles. The highest BCUT2D eigenvalue weighted by Gasteiger charge is 2.38. The number of nitrogens with zero attached hydrogens (tertiary/aromatic N) is 4. The van der Waals surface area contributed by atoms with Crippen LogP contribution in [0.15, 0.2) is 43.0 Å². The highest BCUT2D eigenvalue weighted by molar-refractivity contribution is 6.03. The van der Waals surface area contributed by atoms with Gasteiger partial charge in [0.2, 0.25) is 0 Å². The van der Waals surface area contributed by atoms with Crippen LogP contribution in [0.1, 0.15) is 22.5 Å². The van der Waals surface area contributed by atoms with E-state index < -0.39 is 12.1 Å². The summed E-state index contributed by atoms with van der Waals surface area (Å²) in [5.74, 6) is -1.48. The number of carboxylic acids is 1. The number of hydrogen-bond donors (Lipinski definition) is 4. The summed E-state index contributed by atoms with van der Waals surface area (Å²) in [6.45, 7) is 5.71. The number of hydrogen-bond acceptors (Lipinski definition) is 7. The second-order valence-electron chi connectivity index (χ2n) is 7.57. The highest BCUT2D eigenvalue weighted by atomic mass is 19.4. The number of H-pyrrole nitrogens is 1. The molecule has 1 aliphatic heterocycles. The van der Waals surface area contributed by atoms with E-state index in [1.807, 2.05) is 25.1 Å². The first-order valence-electron chi connectivity index (χ1n) is 10.6. The van der Waals surface area contributed by atoms with Gasteiger partial charge in [-0.05, 0) is 31.5 Å². The number of carbonyl (C=O) groups excluding carboxylic acids is 1. The van der Waals surface area contributed by atoms with Crippen molar-refractivity contribution in [3.8, 4) is 11.4 Å². The first kappa shape index (κ1) is 25.6. The number of aromatic nitrogens is 4. The van der Waals surface area contributed by atoms with E-state index in [9.17, 15) is 18.0 Å². The molecule has 3 aromatic rings. The summed E-state index contributed by atoms with van der Waals surface area (Å²) in [6.07, 6.45) is 2.66. The summed E-state index contributed by atoms with van der Waals surface area (Å²) in [6, 6.07) is 5.82. The number of aliphatic carboxylic acids is 1. The van der Waals surface area contributed by atoms with Gasteiger partial charge in [0.1, 0.15) is 17.3 Å². The van der Waals surface area contributed by atoms with Crippen molar-refractivity contribution in [2.24, 2.45) is 0 Å².